The second-order valence-corrected chi connectivity index (χ2v) is 3.22. The standard InChI is InChI=1S/C8H10S2/c1-2-7-5-3-4-6-8(7)10-9/h3-6,9H,2H2,1H3. The lowest BCUT2D eigenvalue weighted by Gasteiger charge is -2.01. The molecule has 54 valence electrons. The van der Waals surface area contributed by atoms with Crippen LogP contribution in [0.5, 0.6) is 0 Å². The van der Waals surface area contributed by atoms with Gasteiger partial charge in [0.2, 0.25) is 0 Å². The minimum absolute atomic E-state index is 1.09. The molecule has 0 amide bonds. The van der Waals surface area contributed by atoms with Gasteiger partial charge in [0.25, 0.3) is 0 Å². The molecule has 0 unspecified atom stereocenters. The zero-order valence-corrected chi connectivity index (χ0v) is 7.58. The normalized spacial score (nSPS) is 9.80. The minimum Gasteiger partial charge on any atom is -0.106 e. The molecule has 0 aliphatic rings. The summed E-state index contributed by atoms with van der Waals surface area (Å²) in [6.45, 7) is 2.16. The van der Waals surface area contributed by atoms with Gasteiger partial charge in [-0.25, -0.2) is 0 Å². The third kappa shape index (κ3) is 1.70. The summed E-state index contributed by atoms with van der Waals surface area (Å²) in [7, 11) is 1.51. The fourth-order valence-electron chi connectivity index (χ4n) is 0.885. The lowest BCUT2D eigenvalue weighted by molar-refractivity contribution is 1.08. The highest BCUT2D eigenvalue weighted by atomic mass is 33.1. The maximum absolute atomic E-state index is 4.15. The highest BCUT2D eigenvalue weighted by Crippen LogP contribution is 2.25. The van der Waals surface area contributed by atoms with Gasteiger partial charge in [-0.3, -0.25) is 0 Å². The first-order valence-electron chi connectivity index (χ1n) is 3.27. The SMILES string of the molecule is CCc1ccccc1SS. The van der Waals surface area contributed by atoms with E-state index in [4.69, 9.17) is 0 Å². The molecule has 0 saturated carbocycles. The Labute approximate surface area is 70.8 Å². The Bertz CT molecular complexity index is 185. The molecule has 0 aromatic heterocycles. The first kappa shape index (κ1) is 8.02. The zero-order chi connectivity index (χ0) is 7.40. The summed E-state index contributed by atoms with van der Waals surface area (Å²) in [5.74, 6) is 0. The van der Waals surface area contributed by atoms with Crippen LogP contribution in [0.4, 0.5) is 0 Å². The molecule has 1 rings (SSSR count). The molecular formula is C8H10S2. The molecule has 0 nitrogen and oxygen atoms in total. The van der Waals surface area contributed by atoms with Gasteiger partial charge in [0.05, 0.1) is 0 Å². The van der Waals surface area contributed by atoms with E-state index in [1.807, 2.05) is 6.07 Å². The number of hydrogen-bond donors (Lipinski definition) is 1. The largest absolute Gasteiger partial charge is 0.106 e. The monoisotopic (exact) mass is 170 g/mol. The number of hydrogen-bond acceptors (Lipinski definition) is 2. The molecule has 0 N–H and O–H groups in total. The lowest BCUT2D eigenvalue weighted by atomic mass is 10.2. The fourth-order valence-corrected chi connectivity index (χ4v) is 1.89. The Morgan fingerprint density at radius 3 is 2.60 bits per heavy atom. The molecule has 0 aliphatic heterocycles. The van der Waals surface area contributed by atoms with Crippen LogP contribution in [0.15, 0.2) is 29.2 Å². The lowest BCUT2D eigenvalue weighted by Crippen LogP contribution is -1.80. The predicted molar refractivity (Wildman–Crippen MR) is 50.7 cm³/mol. The van der Waals surface area contributed by atoms with E-state index < -0.39 is 0 Å². The molecule has 0 fully saturated rings. The van der Waals surface area contributed by atoms with Crippen LogP contribution >= 0.6 is 22.5 Å². The number of rotatable bonds is 2. The average molecular weight is 170 g/mol. The van der Waals surface area contributed by atoms with Gasteiger partial charge in [0.1, 0.15) is 0 Å². The van der Waals surface area contributed by atoms with Crippen LogP contribution < -0.4 is 0 Å². The van der Waals surface area contributed by atoms with Crippen LogP contribution in [-0.2, 0) is 6.42 Å². The first-order valence-corrected chi connectivity index (χ1v) is 5.14. The van der Waals surface area contributed by atoms with Gasteiger partial charge < -0.3 is 0 Å². The van der Waals surface area contributed by atoms with Crippen LogP contribution in [-0.4, -0.2) is 0 Å². The van der Waals surface area contributed by atoms with Gasteiger partial charge in [-0.2, -0.15) is 0 Å². The maximum atomic E-state index is 4.15. The molecular weight excluding hydrogens is 160 g/mol. The molecule has 0 radical (unpaired) electrons. The molecule has 1 aromatic rings. The van der Waals surface area contributed by atoms with E-state index in [1.165, 1.54) is 21.3 Å². The topological polar surface area (TPSA) is 0 Å². The van der Waals surface area contributed by atoms with Crippen LogP contribution in [0.1, 0.15) is 12.5 Å². The third-order valence-corrected chi connectivity index (χ3v) is 2.64. The van der Waals surface area contributed by atoms with Crippen LogP contribution in [0.2, 0.25) is 0 Å². The van der Waals surface area contributed by atoms with Gasteiger partial charge in [-0.15, -0.1) is 11.7 Å². The van der Waals surface area contributed by atoms with Crippen molar-refractivity contribution < 1.29 is 0 Å². The molecule has 10 heavy (non-hydrogen) atoms. The van der Waals surface area contributed by atoms with Gasteiger partial charge in [0, 0.05) is 4.90 Å². The van der Waals surface area contributed by atoms with Crippen molar-refractivity contribution in [2.45, 2.75) is 18.2 Å². The number of benzene rings is 1. The van der Waals surface area contributed by atoms with E-state index in [-0.39, 0.29) is 0 Å². The van der Waals surface area contributed by atoms with E-state index >= 15 is 0 Å². The Morgan fingerprint density at radius 2 is 2.10 bits per heavy atom. The molecule has 0 saturated heterocycles. The van der Waals surface area contributed by atoms with Crippen molar-refractivity contribution in [1.29, 1.82) is 0 Å². The van der Waals surface area contributed by atoms with Crippen LogP contribution in [0, 0.1) is 0 Å². The zero-order valence-electron chi connectivity index (χ0n) is 5.87. The van der Waals surface area contributed by atoms with Crippen LogP contribution in [0.25, 0.3) is 0 Å². The van der Waals surface area contributed by atoms with Gasteiger partial charge in [-0.1, -0.05) is 35.9 Å². The van der Waals surface area contributed by atoms with E-state index in [2.05, 4.69) is 36.8 Å². The predicted octanol–water partition coefficient (Wildman–Crippen LogP) is 3.19. The first-order chi connectivity index (χ1) is 4.88. The van der Waals surface area contributed by atoms with Crippen molar-refractivity contribution in [3.63, 3.8) is 0 Å². The summed E-state index contributed by atoms with van der Waals surface area (Å²) in [6, 6.07) is 8.33. The molecule has 0 aliphatic carbocycles. The summed E-state index contributed by atoms with van der Waals surface area (Å²) in [4.78, 5) is 1.27. The Balaban J connectivity index is 2.96. The van der Waals surface area contributed by atoms with Crippen molar-refractivity contribution in [3.05, 3.63) is 29.8 Å². The van der Waals surface area contributed by atoms with Gasteiger partial charge in [-0.05, 0) is 18.1 Å². The average Bonchev–Trinajstić information content (AvgIpc) is 2.04. The Morgan fingerprint density at radius 1 is 1.40 bits per heavy atom. The van der Waals surface area contributed by atoms with Crippen molar-refractivity contribution in [1.82, 2.24) is 0 Å². The third-order valence-electron chi connectivity index (χ3n) is 1.45. The Hall–Kier alpha value is -0.0800. The molecule has 0 bridgehead atoms. The number of aryl methyl sites for hydroxylation is 1. The molecule has 1 aromatic carbocycles. The Kier molecular flexibility index (Phi) is 3.16. The minimum atomic E-state index is 1.09. The second-order valence-electron chi connectivity index (χ2n) is 2.05. The maximum Gasteiger partial charge on any atom is 0.0212 e. The van der Waals surface area contributed by atoms with E-state index in [9.17, 15) is 0 Å². The van der Waals surface area contributed by atoms with Crippen molar-refractivity contribution in [2.75, 3.05) is 0 Å². The second kappa shape index (κ2) is 3.94. The van der Waals surface area contributed by atoms with Gasteiger partial charge in [0.15, 0.2) is 0 Å². The highest BCUT2D eigenvalue weighted by molar-refractivity contribution is 8.68. The summed E-state index contributed by atoms with van der Waals surface area (Å²) in [5.41, 5.74) is 1.38. The number of thiol groups is 1. The fraction of sp³-hybridized carbons (Fsp3) is 0.250. The smallest absolute Gasteiger partial charge is 0.0212 e. The van der Waals surface area contributed by atoms with Gasteiger partial charge >= 0.3 is 0 Å². The highest BCUT2D eigenvalue weighted by Gasteiger charge is 1.95. The quantitative estimate of drug-likeness (QED) is 0.525. The molecule has 0 atom stereocenters. The molecule has 2 heteroatoms. The summed E-state index contributed by atoms with van der Waals surface area (Å²) < 4.78 is 0. The van der Waals surface area contributed by atoms with Crippen LogP contribution in [0.3, 0.4) is 0 Å². The van der Waals surface area contributed by atoms with Crippen molar-refractivity contribution >= 4 is 22.5 Å². The van der Waals surface area contributed by atoms with Crippen molar-refractivity contribution in [3.8, 4) is 0 Å². The van der Waals surface area contributed by atoms with E-state index in [1.54, 1.807) is 0 Å². The summed E-state index contributed by atoms with van der Waals surface area (Å²) >= 11 is 4.15. The van der Waals surface area contributed by atoms with E-state index in [0.717, 1.165) is 6.42 Å². The summed E-state index contributed by atoms with van der Waals surface area (Å²) in [5, 5.41) is 0. The van der Waals surface area contributed by atoms with Crippen molar-refractivity contribution in [2.24, 2.45) is 0 Å². The summed E-state index contributed by atoms with van der Waals surface area (Å²) in [6.07, 6.45) is 1.09. The molecule has 0 spiro atoms. The van der Waals surface area contributed by atoms with E-state index in [0.29, 0.717) is 0 Å². The molecule has 0 heterocycles.